The van der Waals surface area contributed by atoms with Crippen LogP contribution in [-0.4, -0.2) is 0 Å². The van der Waals surface area contributed by atoms with Crippen molar-refractivity contribution in [2.75, 3.05) is 0 Å². The molecular formula is C14H22. The van der Waals surface area contributed by atoms with Crippen LogP contribution in [0.1, 0.15) is 40.5 Å². The maximum atomic E-state index is 2.37. The van der Waals surface area contributed by atoms with E-state index in [2.05, 4.69) is 52.0 Å². The minimum absolute atomic E-state index is 0.661. The first-order valence-corrected chi connectivity index (χ1v) is 5.67. The number of rotatable bonds is 3. The normalized spacial score (nSPS) is 20.4. The molecule has 0 aliphatic heterocycles. The van der Waals surface area contributed by atoms with Gasteiger partial charge in [-0.1, -0.05) is 57.6 Å². The van der Waals surface area contributed by atoms with Crippen molar-refractivity contribution < 1.29 is 0 Å². The molecule has 0 aromatic heterocycles. The van der Waals surface area contributed by atoms with Crippen molar-refractivity contribution in [2.45, 2.75) is 40.5 Å². The molecule has 0 bridgehead atoms. The summed E-state index contributed by atoms with van der Waals surface area (Å²) in [5, 5.41) is 0. The van der Waals surface area contributed by atoms with Gasteiger partial charge in [0.2, 0.25) is 0 Å². The van der Waals surface area contributed by atoms with E-state index in [1.54, 1.807) is 0 Å². The van der Waals surface area contributed by atoms with Crippen LogP contribution in [0, 0.1) is 11.8 Å². The Labute approximate surface area is 88.4 Å². The zero-order chi connectivity index (χ0) is 10.6. The van der Waals surface area contributed by atoms with Gasteiger partial charge in [0.25, 0.3) is 0 Å². The van der Waals surface area contributed by atoms with Crippen LogP contribution >= 0.6 is 0 Å². The Balaban J connectivity index is 2.59. The lowest BCUT2D eigenvalue weighted by molar-refractivity contribution is 0.817. The molecule has 0 aromatic carbocycles. The Morgan fingerprint density at radius 2 is 1.79 bits per heavy atom. The van der Waals surface area contributed by atoms with Gasteiger partial charge in [-0.3, -0.25) is 0 Å². The van der Waals surface area contributed by atoms with Crippen LogP contribution in [0.2, 0.25) is 0 Å². The molecule has 0 amide bonds. The van der Waals surface area contributed by atoms with Gasteiger partial charge in [-0.05, 0) is 30.3 Å². The summed E-state index contributed by atoms with van der Waals surface area (Å²) in [6.45, 7) is 8.92. The van der Waals surface area contributed by atoms with Gasteiger partial charge in [-0.25, -0.2) is 0 Å². The van der Waals surface area contributed by atoms with Crippen molar-refractivity contribution in [1.29, 1.82) is 0 Å². The van der Waals surface area contributed by atoms with Crippen molar-refractivity contribution in [1.82, 2.24) is 0 Å². The molecule has 0 saturated carbocycles. The van der Waals surface area contributed by atoms with E-state index < -0.39 is 0 Å². The fourth-order valence-corrected chi connectivity index (χ4v) is 1.68. The molecule has 1 rings (SSSR count). The lowest BCUT2D eigenvalue weighted by Gasteiger charge is -1.96. The van der Waals surface area contributed by atoms with Crippen LogP contribution in [0.15, 0.2) is 35.5 Å². The second-order valence-corrected chi connectivity index (χ2v) is 4.81. The highest BCUT2D eigenvalue weighted by atomic mass is 14.1. The van der Waals surface area contributed by atoms with Crippen LogP contribution in [0.3, 0.4) is 0 Å². The van der Waals surface area contributed by atoms with Crippen molar-refractivity contribution in [3.05, 3.63) is 35.5 Å². The third-order valence-electron chi connectivity index (χ3n) is 2.32. The maximum absolute atomic E-state index is 2.37. The molecule has 0 heterocycles. The molecule has 1 aliphatic rings. The Morgan fingerprint density at radius 1 is 1.07 bits per heavy atom. The molecule has 0 saturated heterocycles. The lowest BCUT2D eigenvalue weighted by Crippen LogP contribution is -1.80. The van der Waals surface area contributed by atoms with E-state index in [0.717, 1.165) is 0 Å². The summed E-state index contributed by atoms with van der Waals surface area (Å²) < 4.78 is 0. The number of hydrogen-bond acceptors (Lipinski definition) is 0. The topological polar surface area (TPSA) is 0 Å². The Morgan fingerprint density at radius 3 is 2.36 bits per heavy atom. The zero-order valence-electron chi connectivity index (χ0n) is 9.88. The molecule has 78 valence electrons. The molecule has 0 spiro atoms. The average Bonchev–Trinajstić information content (AvgIpc) is 2.47. The molecule has 0 aromatic rings. The van der Waals surface area contributed by atoms with Gasteiger partial charge >= 0.3 is 0 Å². The van der Waals surface area contributed by atoms with Crippen molar-refractivity contribution in [3.8, 4) is 0 Å². The van der Waals surface area contributed by atoms with Gasteiger partial charge in [-0.2, -0.15) is 0 Å². The second-order valence-electron chi connectivity index (χ2n) is 4.81. The first-order chi connectivity index (χ1) is 6.58. The molecule has 0 N–H and O–H groups in total. The Hall–Kier alpha value is -0.780. The maximum Gasteiger partial charge on any atom is -0.0238 e. The van der Waals surface area contributed by atoms with Gasteiger partial charge in [0, 0.05) is 0 Å². The van der Waals surface area contributed by atoms with Gasteiger partial charge in [0.1, 0.15) is 0 Å². The third kappa shape index (κ3) is 3.95. The first kappa shape index (κ1) is 11.3. The highest BCUT2D eigenvalue weighted by Crippen LogP contribution is 2.25. The molecule has 0 unspecified atom stereocenters. The van der Waals surface area contributed by atoms with Crippen molar-refractivity contribution in [2.24, 2.45) is 11.8 Å². The summed E-state index contributed by atoms with van der Waals surface area (Å²) in [6.07, 6.45) is 11.7. The van der Waals surface area contributed by atoms with E-state index in [9.17, 15) is 0 Å². The second kappa shape index (κ2) is 5.19. The van der Waals surface area contributed by atoms with Crippen LogP contribution < -0.4 is 0 Å². The fraction of sp³-hybridized carbons (Fsp3) is 0.571. The summed E-state index contributed by atoms with van der Waals surface area (Å²) in [6, 6.07) is 0. The molecule has 14 heavy (non-hydrogen) atoms. The molecule has 0 radical (unpaired) electrons. The third-order valence-corrected chi connectivity index (χ3v) is 2.32. The highest BCUT2D eigenvalue weighted by molar-refractivity contribution is 5.36. The minimum atomic E-state index is 0.661. The highest BCUT2D eigenvalue weighted by Gasteiger charge is 2.06. The van der Waals surface area contributed by atoms with Crippen LogP contribution in [0.25, 0.3) is 0 Å². The predicted molar refractivity (Wildman–Crippen MR) is 64.2 cm³/mol. The molecule has 0 heteroatoms. The molecule has 1 aliphatic carbocycles. The summed E-state index contributed by atoms with van der Waals surface area (Å²) in [5.41, 5.74) is 3.01. The Bertz CT molecular complexity index is 262. The molecule has 0 nitrogen and oxygen atoms in total. The molecule has 0 fully saturated rings. The quantitative estimate of drug-likeness (QED) is 0.614. The summed E-state index contributed by atoms with van der Waals surface area (Å²) in [5.74, 6) is 1.34. The summed E-state index contributed by atoms with van der Waals surface area (Å²) >= 11 is 0. The smallest absolute Gasteiger partial charge is 0.0238 e. The SMILES string of the molecule is CC(C)/C=C/C1=CC(=C/C(C)C)/CC1. The molecular weight excluding hydrogens is 168 g/mol. The van der Waals surface area contributed by atoms with E-state index in [0.29, 0.717) is 11.8 Å². The largest absolute Gasteiger partial charge is 0.0817 e. The van der Waals surface area contributed by atoms with Crippen LogP contribution in [0.4, 0.5) is 0 Å². The Kier molecular flexibility index (Phi) is 4.19. The van der Waals surface area contributed by atoms with E-state index >= 15 is 0 Å². The number of allylic oxidation sites excluding steroid dienone is 6. The van der Waals surface area contributed by atoms with Crippen molar-refractivity contribution >= 4 is 0 Å². The molecule has 0 atom stereocenters. The first-order valence-electron chi connectivity index (χ1n) is 5.67. The average molecular weight is 190 g/mol. The van der Waals surface area contributed by atoms with Crippen LogP contribution in [-0.2, 0) is 0 Å². The van der Waals surface area contributed by atoms with E-state index in [1.807, 2.05) is 0 Å². The van der Waals surface area contributed by atoms with Crippen LogP contribution in [0.5, 0.6) is 0 Å². The van der Waals surface area contributed by atoms with Gasteiger partial charge in [0.05, 0.1) is 0 Å². The van der Waals surface area contributed by atoms with Gasteiger partial charge in [0.15, 0.2) is 0 Å². The zero-order valence-corrected chi connectivity index (χ0v) is 9.88. The fourth-order valence-electron chi connectivity index (χ4n) is 1.68. The van der Waals surface area contributed by atoms with Gasteiger partial charge in [-0.15, -0.1) is 0 Å². The van der Waals surface area contributed by atoms with Crippen molar-refractivity contribution in [3.63, 3.8) is 0 Å². The van der Waals surface area contributed by atoms with Gasteiger partial charge < -0.3 is 0 Å². The number of hydrogen-bond donors (Lipinski definition) is 0. The van der Waals surface area contributed by atoms with E-state index in [4.69, 9.17) is 0 Å². The monoisotopic (exact) mass is 190 g/mol. The summed E-state index contributed by atoms with van der Waals surface area (Å²) in [4.78, 5) is 0. The summed E-state index contributed by atoms with van der Waals surface area (Å²) in [7, 11) is 0. The standard InChI is InChI=1S/C14H22/c1-11(2)5-6-13-7-8-14(10-13)9-12(3)4/h5-6,9-12H,7-8H2,1-4H3/b6-5+,14-9+. The van der Waals surface area contributed by atoms with E-state index in [1.165, 1.54) is 24.0 Å². The van der Waals surface area contributed by atoms with E-state index in [-0.39, 0.29) is 0 Å². The minimum Gasteiger partial charge on any atom is -0.0817 e. The predicted octanol–water partition coefficient (Wildman–Crippen LogP) is 4.50. The lowest BCUT2D eigenvalue weighted by atomic mass is 10.1.